The Morgan fingerprint density at radius 1 is 1.39 bits per heavy atom. The largest absolute Gasteiger partial charge is 0.365 e. The lowest BCUT2D eigenvalue weighted by Crippen LogP contribution is -2.35. The molecule has 2 nitrogen and oxygen atoms in total. The molecule has 1 aromatic rings. The van der Waals surface area contributed by atoms with Crippen molar-refractivity contribution in [3.05, 3.63) is 22.4 Å². The Bertz CT molecular complexity index is 381. The molecule has 1 aliphatic heterocycles. The molecule has 2 rings (SSSR count). The van der Waals surface area contributed by atoms with Crippen LogP contribution in [0.25, 0.3) is 0 Å². The Morgan fingerprint density at radius 3 is 2.78 bits per heavy atom. The first kappa shape index (κ1) is 13.9. The van der Waals surface area contributed by atoms with Crippen LogP contribution in [0.5, 0.6) is 0 Å². The quantitative estimate of drug-likeness (QED) is 0.888. The van der Waals surface area contributed by atoms with Gasteiger partial charge in [0.2, 0.25) is 0 Å². The third-order valence-corrected chi connectivity index (χ3v) is 5.88. The first-order valence-corrected chi connectivity index (χ1v) is 8.63. The van der Waals surface area contributed by atoms with Gasteiger partial charge in [-0.05, 0) is 47.1 Å². The molecule has 0 bridgehead atoms. The minimum Gasteiger partial charge on any atom is -0.365 e. The van der Waals surface area contributed by atoms with E-state index in [1.807, 2.05) is 11.8 Å². The van der Waals surface area contributed by atoms with Gasteiger partial charge in [-0.1, -0.05) is 25.6 Å². The fraction of sp³-hybridized carbons (Fsp3) is 0.643. The van der Waals surface area contributed by atoms with Crippen LogP contribution in [0.2, 0.25) is 0 Å². The predicted octanol–water partition coefficient (Wildman–Crippen LogP) is 3.79. The summed E-state index contributed by atoms with van der Waals surface area (Å²) in [5.74, 6) is 1.21. The Kier molecular flexibility index (Phi) is 5.13. The molecule has 0 spiro atoms. The summed E-state index contributed by atoms with van der Waals surface area (Å²) < 4.78 is 0. The van der Waals surface area contributed by atoms with E-state index >= 15 is 0 Å². The predicted molar refractivity (Wildman–Crippen MR) is 83.8 cm³/mol. The van der Waals surface area contributed by atoms with Gasteiger partial charge in [0, 0.05) is 18.8 Å². The second kappa shape index (κ2) is 6.62. The number of hydrogen-bond acceptors (Lipinski definition) is 4. The molecule has 1 aliphatic rings. The van der Waals surface area contributed by atoms with E-state index in [9.17, 15) is 0 Å². The number of thiophene rings is 1. The van der Waals surface area contributed by atoms with E-state index in [-0.39, 0.29) is 0 Å². The first-order chi connectivity index (χ1) is 8.78. The molecule has 0 atom stereocenters. The number of aliphatic imine (C=N–C) groups is 1. The zero-order valence-corrected chi connectivity index (χ0v) is 12.9. The molecular formula is C14H22N2S2. The fourth-order valence-corrected chi connectivity index (χ4v) is 4.09. The highest BCUT2D eigenvalue weighted by Crippen LogP contribution is 2.34. The second-order valence-corrected chi connectivity index (χ2v) is 6.67. The highest BCUT2D eigenvalue weighted by atomic mass is 32.2. The smallest absolute Gasteiger partial charge is 0.156 e. The van der Waals surface area contributed by atoms with Crippen LogP contribution in [-0.2, 0) is 6.42 Å². The molecule has 0 saturated heterocycles. The number of rotatable bonds is 5. The maximum Gasteiger partial charge on any atom is 0.156 e. The van der Waals surface area contributed by atoms with Gasteiger partial charge in [-0.2, -0.15) is 11.3 Å². The molecule has 2 heterocycles. The standard InChI is InChI=1S/C14H22N2S2/c1-3-14(4-2)10-16-13(18-11-14)15-7-5-12-6-8-17-9-12/h6,8-9H,3-5,7,10-11H2,1-2H3,(H,15,16). The zero-order valence-electron chi connectivity index (χ0n) is 11.2. The van der Waals surface area contributed by atoms with E-state index in [2.05, 4.69) is 36.0 Å². The average Bonchev–Trinajstić information content (AvgIpc) is 2.93. The van der Waals surface area contributed by atoms with E-state index in [0.717, 1.165) is 24.7 Å². The highest BCUT2D eigenvalue weighted by Gasteiger charge is 2.29. The number of nitrogens with one attached hydrogen (secondary N) is 1. The number of hydrogen-bond donors (Lipinski definition) is 1. The molecule has 0 aromatic carbocycles. The van der Waals surface area contributed by atoms with Crippen LogP contribution in [0, 0.1) is 5.41 Å². The summed E-state index contributed by atoms with van der Waals surface area (Å²) in [6, 6.07) is 2.20. The molecule has 18 heavy (non-hydrogen) atoms. The Morgan fingerprint density at radius 2 is 2.22 bits per heavy atom. The van der Waals surface area contributed by atoms with Crippen molar-refractivity contribution < 1.29 is 0 Å². The van der Waals surface area contributed by atoms with E-state index in [0.29, 0.717) is 5.41 Å². The minimum absolute atomic E-state index is 0.448. The average molecular weight is 282 g/mol. The molecule has 0 amide bonds. The number of nitrogens with zero attached hydrogens (tertiary/aromatic N) is 1. The lowest BCUT2D eigenvalue weighted by Gasteiger charge is -2.33. The van der Waals surface area contributed by atoms with Gasteiger partial charge in [0.05, 0.1) is 0 Å². The van der Waals surface area contributed by atoms with Gasteiger partial charge in [0.15, 0.2) is 5.17 Å². The van der Waals surface area contributed by atoms with E-state index in [4.69, 9.17) is 4.99 Å². The molecule has 0 unspecified atom stereocenters. The number of amidine groups is 1. The molecule has 1 aromatic heterocycles. The lowest BCUT2D eigenvalue weighted by molar-refractivity contribution is 0.318. The summed E-state index contributed by atoms with van der Waals surface area (Å²) in [5.41, 5.74) is 1.87. The summed E-state index contributed by atoms with van der Waals surface area (Å²) in [5, 5.41) is 8.96. The highest BCUT2D eigenvalue weighted by molar-refractivity contribution is 8.13. The summed E-state index contributed by atoms with van der Waals surface area (Å²) in [6.45, 7) is 6.56. The van der Waals surface area contributed by atoms with Gasteiger partial charge in [-0.3, -0.25) is 4.99 Å². The van der Waals surface area contributed by atoms with Crippen molar-refractivity contribution in [3.8, 4) is 0 Å². The van der Waals surface area contributed by atoms with Crippen molar-refractivity contribution >= 4 is 28.3 Å². The van der Waals surface area contributed by atoms with Crippen LogP contribution in [0.15, 0.2) is 21.8 Å². The topological polar surface area (TPSA) is 24.4 Å². The van der Waals surface area contributed by atoms with Crippen molar-refractivity contribution in [2.75, 3.05) is 18.8 Å². The van der Waals surface area contributed by atoms with E-state index in [1.54, 1.807) is 11.3 Å². The van der Waals surface area contributed by atoms with Gasteiger partial charge < -0.3 is 5.32 Å². The lowest BCUT2D eigenvalue weighted by atomic mass is 9.84. The molecule has 100 valence electrons. The van der Waals surface area contributed by atoms with Crippen molar-refractivity contribution in [3.63, 3.8) is 0 Å². The van der Waals surface area contributed by atoms with Crippen LogP contribution in [0.3, 0.4) is 0 Å². The van der Waals surface area contributed by atoms with Crippen LogP contribution in [0.4, 0.5) is 0 Å². The van der Waals surface area contributed by atoms with Crippen LogP contribution < -0.4 is 5.32 Å². The van der Waals surface area contributed by atoms with Gasteiger partial charge in [-0.25, -0.2) is 0 Å². The summed E-state index contributed by atoms with van der Waals surface area (Å²) in [7, 11) is 0. The Hall–Kier alpha value is -0.480. The van der Waals surface area contributed by atoms with E-state index < -0.39 is 0 Å². The summed E-state index contributed by atoms with van der Waals surface area (Å²) >= 11 is 3.67. The SMILES string of the molecule is CCC1(CC)CN=C(NCCc2ccsc2)SC1. The summed E-state index contributed by atoms with van der Waals surface area (Å²) in [4.78, 5) is 4.71. The molecular weight excluding hydrogens is 260 g/mol. The van der Waals surface area contributed by atoms with Crippen molar-refractivity contribution in [1.82, 2.24) is 5.32 Å². The Labute approximate surface area is 118 Å². The van der Waals surface area contributed by atoms with Gasteiger partial charge in [0.25, 0.3) is 0 Å². The summed E-state index contributed by atoms with van der Waals surface area (Å²) in [6.07, 6.45) is 3.57. The molecule has 0 fully saturated rings. The molecule has 4 heteroatoms. The molecule has 0 radical (unpaired) electrons. The third kappa shape index (κ3) is 3.51. The zero-order chi connectivity index (χ0) is 12.8. The van der Waals surface area contributed by atoms with Crippen LogP contribution in [-0.4, -0.2) is 24.0 Å². The maximum atomic E-state index is 4.71. The van der Waals surface area contributed by atoms with Crippen molar-refractivity contribution in [2.45, 2.75) is 33.1 Å². The van der Waals surface area contributed by atoms with Gasteiger partial charge in [0.1, 0.15) is 0 Å². The van der Waals surface area contributed by atoms with Crippen LogP contribution >= 0.6 is 23.1 Å². The third-order valence-electron chi connectivity index (χ3n) is 3.84. The first-order valence-electron chi connectivity index (χ1n) is 6.70. The normalized spacial score (nSPS) is 18.4. The van der Waals surface area contributed by atoms with Crippen LogP contribution in [0.1, 0.15) is 32.3 Å². The molecule has 0 aliphatic carbocycles. The molecule has 0 saturated carbocycles. The second-order valence-electron chi connectivity index (χ2n) is 4.93. The Balaban J connectivity index is 1.76. The fourth-order valence-electron chi connectivity index (χ4n) is 2.09. The number of thioether (sulfide) groups is 1. The minimum atomic E-state index is 0.448. The molecule has 1 N–H and O–H groups in total. The van der Waals surface area contributed by atoms with E-state index in [1.165, 1.54) is 24.2 Å². The van der Waals surface area contributed by atoms with Crippen molar-refractivity contribution in [1.29, 1.82) is 0 Å². The monoisotopic (exact) mass is 282 g/mol. The maximum absolute atomic E-state index is 4.71. The van der Waals surface area contributed by atoms with Crippen molar-refractivity contribution in [2.24, 2.45) is 10.4 Å². The van der Waals surface area contributed by atoms with Gasteiger partial charge in [-0.15, -0.1) is 0 Å². The van der Waals surface area contributed by atoms with Gasteiger partial charge >= 0.3 is 0 Å².